The molecule has 0 aromatic heterocycles. The van der Waals surface area contributed by atoms with E-state index in [2.05, 4.69) is 46.8 Å². The molecule has 4 heteroatoms. The van der Waals surface area contributed by atoms with Crippen LogP contribution in [0.2, 0.25) is 0 Å². The first-order valence-electron chi connectivity index (χ1n) is 5.70. The zero-order chi connectivity index (χ0) is 12.8. The molecule has 0 saturated heterocycles. The van der Waals surface area contributed by atoms with Crippen molar-refractivity contribution in [1.29, 1.82) is 0 Å². The molecule has 0 radical (unpaired) electrons. The van der Waals surface area contributed by atoms with Crippen LogP contribution in [0.4, 0.5) is 0 Å². The molecule has 0 aliphatic heterocycles. The average molecular weight is 259 g/mol. The molecule has 18 heavy (non-hydrogen) atoms. The highest BCUT2D eigenvalue weighted by molar-refractivity contribution is 7.17. The molecule has 2 aromatic carbocycles. The van der Waals surface area contributed by atoms with E-state index in [0.29, 0.717) is 12.4 Å². The molecule has 0 atom stereocenters. The van der Waals surface area contributed by atoms with Gasteiger partial charge in [0.1, 0.15) is 0 Å². The number of fused-ring (bicyclic) bond motifs is 1. The van der Waals surface area contributed by atoms with Crippen LogP contribution < -0.4 is 5.32 Å². The van der Waals surface area contributed by atoms with E-state index in [1.807, 2.05) is 12.1 Å². The smallest absolute Gasteiger partial charge is 0.391 e. The van der Waals surface area contributed by atoms with E-state index in [1.54, 1.807) is 0 Å². The second kappa shape index (κ2) is 6.18. The van der Waals surface area contributed by atoms with Crippen molar-refractivity contribution in [3.8, 4) is 0 Å². The second-order valence-corrected chi connectivity index (χ2v) is 4.24. The van der Waals surface area contributed by atoms with Crippen LogP contribution in [-0.4, -0.2) is 6.54 Å². The molecule has 0 bridgehead atoms. The minimum atomic E-state index is -0.383. The molecule has 2 aromatic rings. The fraction of sp³-hybridized carbons (Fsp3) is 0.143. The molecular weight excluding hydrogens is 245 g/mol. The number of nitrogens with one attached hydrogen (secondary N) is 1. The van der Waals surface area contributed by atoms with Crippen LogP contribution in [0.25, 0.3) is 10.8 Å². The van der Waals surface area contributed by atoms with Crippen LogP contribution in [0.5, 0.6) is 0 Å². The first-order valence-corrected chi connectivity index (χ1v) is 6.43. The van der Waals surface area contributed by atoms with Crippen molar-refractivity contribution in [2.75, 3.05) is 6.54 Å². The van der Waals surface area contributed by atoms with E-state index in [1.165, 1.54) is 16.3 Å². The molecule has 0 heterocycles. The largest absolute Gasteiger partial charge is 0.397 e. The highest BCUT2D eigenvalue weighted by atomic mass is 31.1. The molecule has 92 valence electrons. The summed E-state index contributed by atoms with van der Waals surface area (Å²) >= 11 is 0. The van der Waals surface area contributed by atoms with E-state index in [9.17, 15) is 4.57 Å². The third-order valence-electron chi connectivity index (χ3n) is 2.74. The Morgan fingerprint density at radius 1 is 1.22 bits per heavy atom. The molecule has 0 aliphatic rings. The fourth-order valence-corrected chi connectivity index (χ4v) is 2.08. The molecule has 0 spiro atoms. The van der Waals surface area contributed by atoms with Crippen molar-refractivity contribution in [1.82, 2.24) is 5.32 Å². The van der Waals surface area contributed by atoms with Gasteiger partial charge in [0.25, 0.3) is 0 Å². The van der Waals surface area contributed by atoms with Gasteiger partial charge >= 0.3 is 8.69 Å². The van der Waals surface area contributed by atoms with Gasteiger partial charge in [-0.3, -0.25) is 0 Å². The lowest BCUT2D eigenvalue weighted by Crippen LogP contribution is -2.16. The molecule has 0 saturated carbocycles. The van der Waals surface area contributed by atoms with E-state index >= 15 is 0 Å². The SMILES string of the molecule is C=C(NCCc1cccc2ccccc12)OP=O. The zero-order valence-electron chi connectivity index (χ0n) is 9.93. The summed E-state index contributed by atoms with van der Waals surface area (Å²) in [6.45, 7) is 4.29. The highest BCUT2D eigenvalue weighted by Crippen LogP contribution is 2.18. The van der Waals surface area contributed by atoms with Crippen molar-refractivity contribution in [2.45, 2.75) is 6.42 Å². The minimum absolute atomic E-state index is 0.326. The van der Waals surface area contributed by atoms with Gasteiger partial charge in [-0.1, -0.05) is 42.5 Å². The lowest BCUT2D eigenvalue weighted by atomic mass is 10.0. The van der Waals surface area contributed by atoms with Crippen molar-refractivity contribution < 1.29 is 9.09 Å². The van der Waals surface area contributed by atoms with Gasteiger partial charge in [0.15, 0.2) is 5.88 Å². The predicted molar refractivity (Wildman–Crippen MR) is 73.5 cm³/mol. The van der Waals surface area contributed by atoms with Gasteiger partial charge in [0.2, 0.25) is 0 Å². The highest BCUT2D eigenvalue weighted by Gasteiger charge is 2.00. The van der Waals surface area contributed by atoms with Crippen LogP contribution >= 0.6 is 8.69 Å². The lowest BCUT2D eigenvalue weighted by molar-refractivity contribution is 0.404. The van der Waals surface area contributed by atoms with E-state index in [-0.39, 0.29) is 8.69 Å². The van der Waals surface area contributed by atoms with Crippen LogP contribution in [0.15, 0.2) is 54.9 Å². The Balaban J connectivity index is 2.03. The summed E-state index contributed by atoms with van der Waals surface area (Å²) in [6.07, 6.45) is 0.861. The van der Waals surface area contributed by atoms with E-state index in [0.717, 1.165) is 6.42 Å². The zero-order valence-corrected chi connectivity index (χ0v) is 10.8. The quantitative estimate of drug-likeness (QED) is 0.635. The standard InChI is InChI=1S/C14H14NO2P/c1-11(17-18-16)15-10-9-13-7-4-6-12-5-2-3-8-14(12)13/h2-8,15H,1,9-10H2. The van der Waals surface area contributed by atoms with Crippen LogP contribution in [0, 0.1) is 0 Å². The molecule has 3 nitrogen and oxygen atoms in total. The minimum Gasteiger partial charge on any atom is -0.391 e. The van der Waals surface area contributed by atoms with Crippen molar-refractivity contribution in [3.63, 3.8) is 0 Å². The molecule has 2 rings (SSSR count). The first kappa shape index (κ1) is 12.6. The Labute approximate surface area is 108 Å². The molecule has 0 unspecified atom stereocenters. The van der Waals surface area contributed by atoms with Gasteiger partial charge in [-0.15, -0.1) is 0 Å². The van der Waals surface area contributed by atoms with Gasteiger partial charge in [-0.25, -0.2) is 4.57 Å². The number of benzene rings is 2. The third kappa shape index (κ3) is 3.08. The number of hydrogen-bond acceptors (Lipinski definition) is 3. The van der Waals surface area contributed by atoms with Crippen LogP contribution in [-0.2, 0) is 15.5 Å². The summed E-state index contributed by atoms with van der Waals surface area (Å²) in [7, 11) is -0.383. The first-order chi connectivity index (χ1) is 8.81. The summed E-state index contributed by atoms with van der Waals surface area (Å²) < 4.78 is 14.9. The Kier molecular flexibility index (Phi) is 4.32. The third-order valence-corrected chi connectivity index (χ3v) is 3.04. The van der Waals surface area contributed by atoms with E-state index in [4.69, 9.17) is 0 Å². The summed E-state index contributed by atoms with van der Waals surface area (Å²) in [4.78, 5) is 0. The van der Waals surface area contributed by atoms with Crippen molar-refractivity contribution in [3.05, 3.63) is 60.5 Å². The Morgan fingerprint density at radius 2 is 2.00 bits per heavy atom. The molecule has 0 amide bonds. The van der Waals surface area contributed by atoms with Gasteiger partial charge in [-0.05, 0) is 29.3 Å². The predicted octanol–water partition coefficient (Wildman–Crippen LogP) is 3.67. The Morgan fingerprint density at radius 3 is 2.83 bits per heavy atom. The average Bonchev–Trinajstić information content (AvgIpc) is 2.39. The molecular formula is C14H14NO2P. The van der Waals surface area contributed by atoms with Crippen LogP contribution in [0.1, 0.15) is 5.56 Å². The maximum Gasteiger partial charge on any atom is 0.397 e. The topological polar surface area (TPSA) is 38.3 Å². The molecule has 0 aliphatic carbocycles. The molecule has 0 fully saturated rings. The van der Waals surface area contributed by atoms with E-state index < -0.39 is 0 Å². The lowest BCUT2D eigenvalue weighted by Gasteiger charge is -2.08. The maximum atomic E-state index is 10.2. The number of rotatable bonds is 6. The summed E-state index contributed by atoms with van der Waals surface area (Å²) in [6, 6.07) is 14.6. The Bertz CT molecular complexity index is 563. The number of hydrogen-bond donors (Lipinski definition) is 1. The summed E-state index contributed by atoms with van der Waals surface area (Å²) in [5.41, 5.74) is 1.27. The van der Waals surface area contributed by atoms with Crippen molar-refractivity contribution >= 4 is 19.5 Å². The Hall–Kier alpha value is -1.86. The summed E-state index contributed by atoms with van der Waals surface area (Å²) in [5.74, 6) is 0.326. The second-order valence-electron chi connectivity index (χ2n) is 3.90. The molecule has 1 N–H and O–H groups in total. The van der Waals surface area contributed by atoms with Gasteiger partial charge in [0, 0.05) is 6.54 Å². The maximum absolute atomic E-state index is 10.2. The fourth-order valence-electron chi connectivity index (χ4n) is 1.92. The van der Waals surface area contributed by atoms with Gasteiger partial charge in [-0.2, -0.15) is 0 Å². The normalized spacial score (nSPS) is 10.4. The summed E-state index contributed by atoms with van der Waals surface area (Å²) in [5, 5.41) is 5.47. The van der Waals surface area contributed by atoms with Gasteiger partial charge in [0.05, 0.1) is 0 Å². The monoisotopic (exact) mass is 259 g/mol. The van der Waals surface area contributed by atoms with Crippen LogP contribution in [0.3, 0.4) is 0 Å². The van der Waals surface area contributed by atoms with Crippen molar-refractivity contribution in [2.24, 2.45) is 0 Å². The van der Waals surface area contributed by atoms with Gasteiger partial charge < -0.3 is 9.84 Å².